The normalized spacial score (nSPS) is 10.9. The van der Waals surface area contributed by atoms with Gasteiger partial charge in [-0.1, -0.05) is 30.3 Å². The Labute approximate surface area is 190 Å². The van der Waals surface area contributed by atoms with Crippen molar-refractivity contribution in [3.05, 3.63) is 88.6 Å². The number of aryl methyl sites for hydroxylation is 1. The Balaban J connectivity index is 1.68. The maximum Gasteiger partial charge on any atom is 0.271 e. The second kappa shape index (κ2) is 8.82. The van der Waals surface area contributed by atoms with E-state index in [1.165, 1.54) is 23.1 Å². The number of carbonyl (C=O) groups is 2. The van der Waals surface area contributed by atoms with Crippen LogP contribution in [0.2, 0.25) is 0 Å². The van der Waals surface area contributed by atoms with Crippen LogP contribution >= 0.6 is 0 Å². The molecule has 1 N–H and O–H groups in total. The molecule has 0 aliphatic carbocycles. The number of benzene rings is 2. The van der Waals surface area contributed by atoms with E-state index >= 15 is 0 Å². The van der Waals surface area contributed by atoms with Gasteiger partial charge in [0.2, 0.25) is 0 Å². The molecular formula is C25H24FN5O2. The van der Waals surface area contributed by atoms with E-state index in [-0.39, 0.29) is 23.3 Å². The minimum Gasteiger partial charge on any atom is -0.343 e. The first-order valence-corrected chi connectivity index (χ1v) is 10.5. The van der Waals surface area contributed by atoms with Gasteiger partial charge in [0.25, 0.3) is 11.8 Å². The van der Waals surface area contributed by atoms with Crippen LogP contribution in [0.15, 0.2) is 54.6 Å². The number of hydrogen-bond acceptors (Lipinski definition) is 4. The fourth-order valence-corrected chi connectivity index (χ4v) is 3.68. The minimum absolute atomic E-state index is 0.198. The molecule has 0 bridgehead atoms. The van der Waals surface area contributed by atoms with E-state index in [9.17, 15) is 14.0 Å². The third-order valence-corrected chi connectivity index (χ3v) is 5.45. The van der Waals surface area contributed by atoms with Gasteiger partial charge in [0.1, 0.15) is 11.5 Å². The smallest absolute Gasteiger partial charge is 0.271 e. The number of pyridine rings is 1. The number of fused-ring (bicyclic) bond motifs is 1. The number of halogens is 1. The molecule has 2 aromatic heterocycles. The molecule has 0 fully saturated rings. The van der Waals surface area contributed by atoms with E-state index in [0.717, 1.165) is 11.3 Å². The molecule has 0 saturated heterocycles. The molecular weight excluding hydrogens is 421 g/mol. The average molecular weight is 445 g/mol. The van der Waals surface area contributed by atoms with Gasteiger partial charge in [0.05, 0.1) is 34.7 Å². The molecule has 0 saturated carbocycles. The largest absolute Gasteiger partial charge is 0.343 e. The van der Waals surface area contributed by atoms with Gasteiger partial charge >= 0.3 is 0 Å². The molecule has 168 valence electrons. The number of hydrogen-bond donors (Lipinski definition) is 1. The predicted molar refractivity (Wildman–Crippen MR) is 125 cm³/mol. The summed E-state index contributed by atoms with van der Waals surface area (Å²) < 4.78 is 15.0. The van der Waals surface area contributed by atoms with Crippen molar-refractivity contribution in [2.24, 2.45) is 0 Å². The predicted octanol–water partition coefficient (Wildman–Crippen LogP) is 4.19. The Bertz CT molecular complexity index is 1360. The van der Waals surface area contributed by atoms with Gasteiger partial charge in [-0.2, -0.15) is 5.10 Å². The number of amides is 2. The van der Waals surface area contributed by atoms with Crippen molar-refractivity contribution >= 4 is 28.4 Å². The minimum atomic E-state index is -0.353. The number of nitrogens with one attached hydrogen (secondary N) is 1. The van der Waals surface area contributed by atoms with Crippen molar-refractivity contribution in [2.75, 3.05) is 19.4 Å². The van der Waals surface area contributed by atoms with Crippen LogP contribution in [-0.4, -0.2) is 45.6 Å². The summed E-state index contributed by atoms with van der Waals surface area (Å²) in [6.45, 7) is 4.13. The summed E-state index contributed by atoms with van der Waals surface area (Å²) >= 11 is 0. The van der Waals surface area contributed by atoms with Crippen LogP contribution in [0.5, 0.6) is 0 Å². The third kappa shape index (κ3) is 4.45. The van der Waals surface area contributed by atoms with E-state index in [1.807, 2.05) is 26.0 Å². The summed E-state index contributed by atoms with van der Waals surface area (Å²) in [5.74, 6) is -0.931. The molecule has 2 aromatic carbocycles. The lowest BCUT2D eigenvalue weighted by molar-refractivity contribution is 0.0822. The topological polar surface area (TPSA) is 80.1 Å². The molecule has 0 radical (unpaired) electrons. The van der Waals surface area contributed by atoms with Crippen LogP contribution in [0.3, 0.4) is 0 Å². The van der Waals surface area contributed by atoms with Crippen LogP contribution in [0.1, 0.15) is 37.8 Å². The van der Waals surface area contributed by atoms with Crippen molar-refractivity contribution < 1.29 is 14.0 Å². The van der Waals surface area contributed by atoms with Gasteiger partial charge in [0.15, 0.2) is 0 Å². The van der Waals surface area contributed by atoms with Crippen LogP contribution in [-0.2, 0) is 6.54 Å². The number of carbonyl (C=O) groups excluding carboxylic acids is 2. The van der Waals surface area contributed by atoms with Crippen molar-refractivity contribution in [2.45, 2.75) is 20.4 Å². The fourth-order valence-electron chi connectivity index (χ4n) is 3.68. The molecule has 0 aliphatic rings. The average Bonchev–Trinajstić information content (AvgIpc) is 3.06. The van der Waals surface area contributed by atoms with Crippen LogP contribution in [0.4, 0.5) is 10.1 Å². The summed E-state index contributed by atoms with van der Waals surface area (Å²) in [5, 5.41) is 8.16. The van der Waals surface area contributed by atoms with E-state index in [0.29, 0.717) is 34.4 Å². The van der Waals surface area contributed by atoms with Gasteiger partial charge in [-0.3, -0.25) is 14.3 Å². The highest BCUT2D eigenvalue weighted by Gasteiger charge is 2.20. The first kappa shape index (κ1) is 22.1. The summed E-state index contributed by atoms with van der Waals surface area (Å²) in [7, 11) is 3.28. The Morgan fingerprint density at radius 1 is 1.06 bits per heavy atom. The summed E-state index contributed by atoms with van der Waals surface area (Å²) in [6, 6.07) is 15.0. The monoisotopic (exact) mass is 445 g/mol. The SMILES string of the molecule is Cc1nn(Cc2ccc(F)cc2)c(C)c1NC(=O)c1cc(C(=O)N(C)C)nc2ccccc12. The zero-order chi connectivity index (χ0) is 23.7. The number of aromatic nitrogens is 3. The summed E-state index contributed by atoms with van der Waals surface area (Å²) in [5.41, 5.74) is 4.05. The van der Waals surface area contributed by atoms with Crippen LogP contribution < -0.4 is 5.32 Å². The van der Waals surface area contributed by atoms with Gasteiger partial charge in [-0.15, -0.1) is 0 Å². The highest BCUT2D eigenvalue weighted by molar-refractivity contribution is 6.14. The maximum absolute atomic E-state index is 13.3. The first-order valence-electron chi connectivity index (χ1n) is 10.5. The summed E-state index contributed by atoms with van der Waals surface area (Å²) in [4.78, 5) is 31.7. The molecule has 7 nitrogen and oxygen atoms in total. The Hall–Kier alpha value is -4.07. The highest BCUT2D eigenvalue weighted by Crippen LogP contribution is 2.24. The van der Waals surface area contributed by atoms with Gasteiger partial charge < -0.3 is 10.2 Å². The molecule has 8 heteroatoms. The Kier molecular flexibility index (Phi) is 5.91. The molecule has 2 amide bonds. The van der Waals surface area contributed by atoms with Crippen molar-refractivity contribution in [3.63, 3.8) is 0 Å². The molecule has 0 spiro atoms. The maximum atomic E-state index is 13.3. The van der Waals surface area contributed by atoms with Crippen molar-refractivity contribution in [1.29, 1.82) is 0 Å². The van der Waals surface area contributed by atoms with Gasteiger partial charge in [-0.05, 0) is 43.7 Å². The number of para-hydroxylation sites is 1. The Morgan fingerprint density at radius 2 is 1.76 bits per heavy atom. The molecule has 2 heterocycles. The van der Waals surface area contributed by atoms with Crippen LogP contribution in [0, 0.1) is 19.7 Å². The van der Waals surface area contributed by atoms with E-state index < -0.39 is 0 Å². The van der Waals surface area contributed by atoms with E-state index in [1.54, 1.807) is 43.0 Å². The highest BCUT2D eigenvalue weighted by atomic mass is 19.1. The van der Waals surface area contributed by atoms with Crippen molar-refractivity contribution in [1.82, 2.24) is 19.7 Å². The van der Waals surface area contributed by atoms with Crippen molar-refractivity contribution in [3.8, 4) is 0 Å². The zero-order valence-corrected chi connectivity index (χ0v) is 18.9. The Morgan fingerprint density at radius 3 is 2.45 bits per heavy atom. The van der Waals surface area contributed by atoms with E-state index in [2.05, 4.69) is 15.4 Å². The second-order valence-electron chi connectivity index (χ2n) is 8.06. The molecule has 4 rings (SSSR count). The first-order chi connectivity index (χ1) is 15.7. The summed E-state index contributed by atoms with van der Waals surface area (Å²) in [6.07, 6.45) is 0. The molecule has 0 atom stereocenters. The van der Waals surface area contributed by atoms with Crippen LogP contribution in [0.25, 0.3) is 10.9 Å². The molecule has 33 heavy (non-hydrogen) atoms. The zero-order valence-electron chi connectivity index (χ0n) is 18.9. The lowest BCUT2D eigenvalue weighted by Gasteiger charge is -2.13. The van der Waals surface area contributed by atoms with E-state index in [4.69, 9.17) is 0 Å². The standard InChI is InChI=1S/C25H24FN5O2/c1-15-23(16(2)31(29-15)14-17-9-11-18(26)12-10-17)28-24(32)20-13-22(25(33)30(3)4)27-21-8-6-5-7-19(20)21/h5-13H,14H2,1-4H3,(H,28,32). The number of anilines is 1. The third-order valence-electron chi connectivity index (χ3n) is 5.45. The number of nitrogens with zero attached hydrogens (tertiary/aromatic N) is 4. The molecule has 0 aliphatic heterocycles. The second-order valence-corrected chi connectivity index (χ2v) is 8.06. The quantitative estimate of drug-likeness (QED) is 0.500. The lowest BCUT2D eigenvalue weighted by Crippen LogP contribution is -2.24. The van der Waals surface area contributed by atoms with Gasteiger partial charge in [-0.25, -0.2) is 9.37 Å². The fraction of sp³-hybridized carbons (Fsp3) is 0.200. The van der Waals surface area contributed by atoms with Gasteiger partial charge in [0, 0.05) is 19.5 Å². The molecule has 0 unspecified atom stereocenters. The lowest BCUT2D eigenvalue weighted by atomic mass is 10.1. The number of rotatable bonds is 5. The molecule has 4 aromatic rings.